The Bertz CT molecular complexity index is 557. The van der Waals surface area contributed by atoms with Gasteiger partial charge in [0.1, 0.15) is 6.54 Å². The molecule has 2 bridgehead atoms. The van der Waals surface area contributed by atoms with Crippen LogP contribution in [0.25, 0.3) is 0 Å². The highest BCUT2D eigenvalue weighted by Crippen LogP contribution is 2.52. The zero-order valence-electron chi connectivity index (χ0n) is 13.6. The van der Waals surface area contributed by atoms with E-state index in [0.29, 0.717) is 24.7 Å². The van der Waals surface area contributed by atoms with Gasteiger partial charge in [0.25, 0.3) is 0 Å². The number of rotatable bonds is 2. The summed E-state index contributed by atoms with van der Waals surface area (Å²) in [6, 6.07) is 3.32. The number of carbonyl (C=O) groups is 1. The van der Waals surface area contributed by atoms with Crippen LogP contribution in [-0.4, -0.2) is 57.2 Å². The highest BCUT2D eigenvalue weighted by atomic mass is 16.2. The van der Waals surface area contributed by atoms with Gasteiger partial charge in [0, 0.05) is 42.5 Å². The second-order valence-electron chi connectivity index (χ2n) is 7.62. The summed E-state index contributed by atoms with van der Waals surface area (Å²) < 4.78 is 1.75. The van der Waals surface area contributed by atoms with E-state index >= 15 is 0 Å². The summed E-state index contributed by atoms with van der Waals surface area (Å²) in [7, 11) is 2.25. The lowest BCUT2D eigenvalue weighted by molar-refractivity contribution is -0.135. The molecule has 3 heterocycles. The summed E-state index contributed by atoms with van der Waals surface area (Å²) in [4.78, 5) is 17.7. The van der Waals surface area contributed by atoms with Gasteiger partial charge in [-0.2, -0.15) is 5.10 Å². The zero-order valence-corrected chi connectivity index (χ0v) is 13.6. The quantitative estimate of drug-likeness (QED) is 0.836. The number of aromatic nitrogens is 2. The molecule has 4 rings (SSSR count). The maximum absolute atomic E-state index is 13.0. The van der Waals surface area contributed by atoms with E-state index in [1.54, 1.807) is 10.9 Å². The topological polar surface area (TPSA) is 41.4 Å². The summed E-state index contributed by atoms with van der Waals surface area (Å²) in [5.41, 5.74) is 0.272. The number of fused-ring (bicyclic) bond motifs is 1. The first-order valence-electron chi connectivity index (χ1n) is 8.58. The minimum Gasteiger partial charge on any atom is -0.333 e. The van der Waals surface area contributed by atoms with Crippen molar-refractivity contribution in [1.29, 1.82) is 0 Å². The van der Waals surface area contributed by atoms with Gasteiger partial charge in [-0.3, -0.25) is 9.48 Å². The summed E-state index contributed by atoms with van der Waals surface area (Å²) in [6.45, 7) is 3.84. The van der Waals surface area contributed by atoms with Crippen molar-refractivity contribution in [3.8, 4) is 0 Å². The maximum Gasteiger partial charge on any atom is 0.244 e. The van der Waals surface area contributed by atoms with Gasteiger partial charge in [-0.1, -0.05) is 19.8 Å². The molecular formula is C17H26N4O. The van der Waals surface area contributed by atoms with E-state index in [4.69, 9.17) is 0 Å². The van der Waals surface area contributed by atoms with Crippen molar-refractivity contribution >= 4 is 5.91 Å². The largest absolute Gasteiger partial charge is 0.333 e. The number of nitrogens with zero attached hydrogens (tertiary/aromatic N) is 4. The van der Waals surface area contributed by atoms with Crippen LogP contribution >= 0.6 is 0 Å². The number of likely N-dealkylation sites (tertiary alicyclic amines) is 2. The molecule has 2 aliphatic heterocycles. The molecule has 1 amide bonds. The normalized spacial score (nSPS) is 38.1. The molecular weight excluding hydrogens is 276 g/mol. The Balaban J connectivity index is 1.64. The third kappa shape index (κ3) is 2.02. The van der Waals surface area contributed by atoms with Gasteiger partial charge >= 0.3 is 0 Å². The van der Waals surface area contributed by atoms with Crippen molar-refractivity contribution in [1.82, 2.24) is 19.6 Å². The fraction of sp³-hybridized carbons (Fsp3) is 0.765. The zero-order chi connectivity index (χ0) is 15.3. The first-order chi connectivity index (χ1) is 10.6. The third-order valence-electron chi connectivity index (χ3n) is 6.31. The number of amides is 1. The minimum atomic E-state index is 0.248. The van der Waals surface area contributed by atoms with Gasteiger partial charge in [0.15, 0.2) is 0 Å². The van der Waals surface area contributed by atoms with Gasteiger partial charge < -0.3 is 9.80 Å². The number of piperidine rings is 1. The lowest BCUT2D eigenvalue weighted by atomic mass is 9.71. The van der Waals surface area contributed by atoms with E-state index in [1.165, 1.54) is 32.1 Å². The van der Waals surface area contributed by atoms with E-state index in [0.717, 1.165) is 6.54 Å². The molecule has 5 nitrogen and oxygen atoms in total. The van der Waals surface area contributed by atoms with Crippen molar-refractivity contribution in [2.45, 2.75) is 63.7 Å². The second kappa shape index (κ2) is 5.08. The lowest BCUT2D eigenvalue weighted by Crippen LogP contribution is -2.51. The maximum atomic E-state index is 13.0. The van der Waals surface area contributed by atoms with Crippen LogP contribution in [0.5, 0.6) is 0 Å². The monoisotopic (exact) mass is 302 g/mol. The molecule has 22 heavy (non-hydrogen) atoms. The highest BCUT2D eigenvalue weighted by Gasteiger charge is 2.58. The average molecular weight is 302 g/mol. The Morgan fingerprint density at radius 3 is 2.82 bits per heavy atom. The summed E-state index contributed by atoms with van der Waals surface area (Å²) in [5.74, 6) is 0.248. The summed E-state index contributed by atoms with van der Waals surface area (Å²) in [6.07, 6.45) is 9.81. The summed E-state index contributed by atoms with van der Waals surface area (Å²) >= 11 is 0. The van der Waals surface area contributed by atoms with Crippen LogP contribution in [0.3, 0.4) is 0 Å². The van der Waals surface area contributed by atoms with Gasteiger partial charge in [-0.05, 0) is 32.4 Å². The predicted molar refractivity (Wildman–Crippen MR) is 84.3 cm³/mol. The molecule has 5 heteroatoms. The van der Waals surface area contributed by atoms with Crippen LogP contribution in [0, 0.1) is 5.41 Å². The number of likely N-dealkylation sites (N-methyl/N-ethyl adjacent to an activating group) is 1. The molecule has 1 saturated carbocycles. The first-order valence-corrected chi connectivity index (χ1v) is 8.58. The number of carbonyl (C=O) groups excluding carboxylic acids is 1. The van der Waals surface area contributed by atoms with Gasteiger partial charge in [0.2, 0.25) is 5.91 Å². The van der Waals surface area contributed by atoms with E-state index in [1.807, 2.05) is 12.3 Å². The Morgan fingerprint density at radius 1 is 1.32 bits per heavy atom. The number of hydrogen-bond acceptors (Lipinski definition) is 3. The fourth-order valence-corrected chi connectivity index (χ4v) is 5.47. The van der Waals surface area contributed by atoms with Crippen molar-refractivity contribution in [2.24, 2.45) is 5.41 Å². The third-order valence-corrected chi connectivity index (χ3v) is 6.31. The number of hydrogen-bond donors (Lipinski definition) is 0. The molecule has 1 aliphatic carbocycles. The SMILES string of the molecule is CN1C[C@@H]2C[C@@]3(C)[C@H](CCCC[C@@H]13)N2C(=O)Cn1cccn1. The molecule has 4 atom stereocenters. The van der Waals surface area contributed by atoms with Crippen LogP contribution in [0.2, 0.25) is 0 Å². The van der Waals surface area contributed by atoms with Gasteiger partial charge in [-0.25, -0.2) is 0 Å². The van der Waals surface area contributed by atoms with Crippen molar-refractivity contribution < 1.29 is 4.79 Å². The van der Waals surface area contributed by atoms with Crippen LogP contribution in [0.1, 0.15) is 39.0 Å². The van der Waals surface area contributed by atoms with E-state index < -0.39 is 0 Å². The second-order valence-corrected chi connectivity index (χ2v) is 7.62. The van der Waals surface area contributed by atoms with Crippen LogP contribution in [-0.2, 0) is 11.3 Å². The van der Waals surface area contributed by atoms with E-state index in [2.05, 4.69) is 28.9 Å². The van der Waals surface area contributed by atoms with Crippen molar-refractivity contribution in [2.75, 3.05) is 13.6 Å². The minimum absolute atomic E-state index is 0.248. The standard InChI is InChI=1S/C17H26N4O/c1-17-10-13-11-19(2)14(17)6-3-4-7-15(17)21(13)16(22)12-20-9-5-8-18-20/h5,8-9,13-15H,3-4,6-7,10-12H2,1-2H3/t13-,14+,15-,17+/m0/s1. The molecule has 2 saturated heterocycles. The smallest absolute Gasteiger partial charge is 0.244 e. The molecule has 120 valence electrons. The molecule has 0 radical (unpaired) electrons. The molecule has 0 unspecified atom stereocenters. The molecule has 3 fully saturated rings. The molecule has 1 aromatic heterocycles. The van der Waals surface area contributed by atoms with E-state index in [-0.39, 0.29) is 11.3 Å². The highest BCUT2D eigenvalue weighted by molar-refractivity contribution is 5.77. The van der Waals surface area contributed by atoms with Crippen molar-refractivity contribution in [3.05, 3.63) is 18.5 Å². The van der Waals surface area contributed by atoms with Crippen molar-refractivity contribution in [3.63, 3.8) is 0 Å². The average Bonchev–Trinajstić information content (AvgIpc) is 3.00. The molecule has 1 aromatic rings. The first kappa shape index (κ1) is 14.2. The Labute approximate surface area is 132 Å². The molecule has 0 spiro atoms. The fourth-order valence-electron chi connectivity index (χ4n) is 5.47. The van der Waals surface area contributed by atoms with E-state index in [9.17, 15) is 4.79 Å². The van der Waals surface area contributed by atoms with Crippen LogP contribution in [0.15, 0.2) is 18.5 Å². The molecule has 0 N–H and O–H groups in total. The Hall–Kier alpha value is -1.36. The lowest BCUT2D eigenvalue weighted by Gasteiger charge is -2.44. The van der Waals surface area contributed by atoms with Crippen LogP contribution in [0.4, 0.5) is 0 Å². The Kier molecular flexibility index (Phi) is 3.29. The van der Waals surface area contributed by atoms with Gasteiger partial charge in [-0.15, -0.1) is 0 Å². The molecule has 0 aromatic carbocycles. The van der Waals surface area contributed by atoms with Crippen LogP contribution < -0.4 is 0 Å². The molecule has 3 aliphatic rings. The predicted octanol–water partition coefficient (Wildman–Crippen LogP) is 1.75. The summed E-state index contributed by atoms with van der Waals surface area (Å²) in [5, 5.41) is 4.20. The van der Waals surface area contributed by atoms with Gasteiger partial charge in [0.05, 0.1) is 0 Å². The Morgan fingerprint density at radius 2 is 2.09 bits per heavy atom.